The van der Waals surface area contributed by atoms with Gasteiger partial charge in [0.25, 0.3) is 0 Å². The lowest BCUT2D eigenvalue weighted by molar-refractivity contribution is -0.258. The van der Waals surface area contributed by atoms with E-state index in [-0.39, 0.29) is 35.7 Å². The summed E-state index contributed by atoms with van der Waals surface area (Å²) in [5, 5.41) is 40.9. The van der Waals surface area contributed by atoms with Gasteiger partial charge in [0.2, 0.25) is 0 Å². The van der Waals surface area contributed by atoms with E-state index < -0.39 is 47.9 Å². The van der Waals surface area contributed by atoms with Crippen LogP contribution in [0.15, 0.2) is 0 Å². The highest BCUT2D eigenvalue weighted by atomic mass is 16.7. The summed E-state index contributed by atoms with van der Waals surface area (Å²) in [5.74, 6) is -1.04. The predicted octanol–water partition coefficient (Wildman–Crippen LogP) is 1.78. The van der Waals surface area contributed by atoms with Crippen molar-refractivity contribution in [3.8, 4) is 0 Å². The summed E-state index contributed by atoms with van der Waals surface area (Å²) in [7, 11) is 0. The Bertz CT molecular complexity index is 680. The number of aliphatic hydroxyl groups excluding tert-OH is 3. The Labute approximate surface area is 184 Å². The Morgan fingerprint density at radius 1 is 1.10 bits per heavy atom. The molecule has 2 bridgehead atoms. The van der Waals surface area contributed by atoms with E-state index in [2.05, 4.69) is 41.5 Å². The van der Waals surface area contributed by atoms with E-state index in [4.69, 9.17) is 14.2 Å². The van der Waals surface area contributed by atoms with Crippen LogP contribution in [0.3, 0.4) is 0 Å². The summed E-state index contributed by atoms with van der Waals surface area (Å²) in [6, 6.07) is 0. The molecule has 8 unspecified atom stereocenters. The van der Waals surface area contributed by atoms with Gasteiger partial charge in [-0.05, 0) is 36.0 Å². The first-order chi connectivity index (χ1) is 14.0. The maximum atomic E-state index is 12.3. The van der Waals surface area contributed by atoms with Crippen LogP contribution in [0.25, 0.3) is 0 Å². The van der Waals surface area contributed by atoms with Crippen molar-refractivity contribution in [3.63, 3.8) is 0 Å². The van der Waals surface area contributed by atoms with Gasteiger partial charge in [0.15, 0.2) is 18.9 Å². The van der Waals surface area contributed by atoms with Crippen molar-refractivity contribution in [2.45, 2.75) is 98.8 Å². The molecule has 4 N–H and O–H groups in total. The summed E-state index contributed by atoms with van der Waals surface area (Å²) in [5.41, 5.74) is -2.10. The fraction of sp³-hybridized carbons (Fsp3) is 0.957. The maximum Gasteiger partial charge on any atom is 0.318 e. The van der Waals surface area contributed by atoms with Gasteiger partial charge in [-0.15, -0.1) is 0 Å². The van der Waals surface area contributed by atoms with Crippen molar-refractivity contribution in [1.29, 1.82) is 0 Å². The van der Waals surface area contributed by atoms with Gasteiger partial charge in [0.05, 0.1) is 0 Å². The Hall–Kier alpha value is -0.770. The zero-order valence-electron chi connectivity index (χ0n) is 19.8. The highest BCUT2D eigenvalue weighted by molar-refractivity contribution is 5.81. The first-order valence-corrected chi connectivity index (χ1v) is 11.2. The lowest BCUT2D eigenvalue weighted by atomic mass is 9.61. The topological polar surface area (TPSA) is 126 Å². The minimum atomic E-state index is -1.76. The molecular formula is C23H40O8. The number of carbonyl (C=O) groups excluding carboxylic acids is 1. The second-order valence-corrected chi connectivity index (χ2v) is 12.2. The van der Waals surface area contributed by atoms with E-state index in [0.29, 0.717) is 6.42 Å². The third-order valence-electron chi connectivity index (χ3n) is 7.95. The SMILES string of the molecule is CC(C)(C)CC(C)(C(O)OCC(O)OC1C2CC3C1OC(=O)C3(C(O)O)C2)C(C)(C)C. The minimum Gasteiger partial charge on any atom is -0.459 e. The van der Waals surface area contributed by atoms with Gasteiger partial charge in [-0.1, -0.05) is 48.5 Å². The molecule has 1 aliphatic heterocycles. The highest BCUT2D eigenvalue weighted by Gasteiger charge is 2.73. The largest absolute Gasteiger partial charge is 0.459 e. The molecule has 2 aliphatic carbocycles. The zero-order chi connectivity index (χ0) is 23.6. The average molecular weight is 445 g/mol. The molecule has 180 valence electrons. The van der Waals surface area contributed by atoms with E-state index >= 15 is 0 Å². The number of fused-ring (bicyclic) bond motifs is 1. The van der Waals surface area contributed by atoms with Crippen molar-refractivity contribution >= 4 is 5.97 Å². The first kappa shape index (κ1) is 24.9. The van der Waals surface area contributed by atoms with E-state index in [9.17, 15) is 25.2 Å². The smallest absolute Gasteiger partial charge is 0.318 e. The van der Waals surface area contributed by atoms with E-state index in [1.54, 1.807) is 0 Å². The van der Waals surface area contributed by atoms with Crippen LogP contribution < -0.4 is 0 Å². The molecule has 0 amide bonds. The number of carbonyl (C=O) groups is 1. The molecule has 2 saturated carbocycles. The van der Waals surface area contributed by atoms with Crippen LogP contribution in [0.1, 0.15) is 67.7 Å². The summed E-state index contributed by atoms with van der Waals surface area (Å²) < 4.78 is 16.9. The molecule has 31 heavy (non-hydrogen) atoms. The van der Waals surface area contributed by atoms with Gasteiger partial charge in [-0.25, -0.2) is 0 Å². The zero-order valence-corrected chi connectivity index (χ0v) is 19.8. The standard InChI is InChI=1S/C23H40O8/c1-20(2,3)11-22(7,21(4,5)6)18(27)29-10-14(24)30-15-12-8-13-16(15)31-19(28)23(13,9-12)17(25)26/h12-18,24-27H,8-11H2,1-7H3. The second-order valence-electron chi connectivity index (χ2n) is 12.2. The Morgan fingerprint density at radius 2 is 1.71 bits per heavy atom. The van der Waals surface area contributed by atoms with Crippen LogP contribution in [0, 0.1) is 33.5 Å². The molecule has 0 aromatic heterocycles. The molecule has 0 aromatic rings. The fourth-order valence-electron chi connectivity index (χ4n) is 5.99. The highest BCUT2D eigenvalue weighted by Crippen LogP contribution is 2.63. The molecule has 3 rings (SSSR count). The summed E-state index contributed by atoms with van der Waals surface area (Å²) in [4.78, 5) is 12.3. The summed E-state index contributed by atoms with van der Waals surface area (Å²) >= 11 is 0. The van der Waals surface area contributed by atoms with Crippen molar-refractivity contribution in [1.82, 2.24) is 0 Å². The van der Waals surface area contributed by atoms with Gasteiger partial charge < -0.3 is 34.6 Å². The minimum absolute atomic E-state index is 0.0271. The molecule has 1 saturated heterocycles. The number of esters is 1. The van der Waals surface area contributed by atoms with Crippen LogP contribution >= 0.6 is 0 Å². The Kier molecular flexibility index (Phi) is 6.35. The Morgan fingerprint density at radius 3 is 2.23 bits per heavy atom. The van der Waals surface area contributed by atoms with E-state index in [1.165, 1.54) is 0 Å². The molecule has 8 heteroatoms. The quantitative estimate of drug-likeness (QED) is 0.330. The van der Waals surface area contributed by atoms with Crippen molar-refractivity contribution in [2.24, 2.45) is 33.5 Å². The lowest BCUT2D eigenvalue weighted by Crippen LogP contribution is -2.49. The van der Waals surface area contributed by atoms with Gasteiger partial charge in [-0.2, -0.15) is 0 Å². The third kappa shape index (κ3) is 4.15. The predicted molar refractivity (Wildman–Crippen MR) is 111 cm³/mol. The number of aliphatic hydroxyl groups is 4. The summed E-state index contributed by atoms with van der Waals surface area (Å²) in [6.07, 6.45) is -3.73. The van der Waals surface area contributed by atoms with Crippen LogP contribution in [0.2, 0.25) is 0 Å². The van der Waals surface area contributed by atoms with Gasteiger partial charge in [0.1, 0.15) is 24.2 Å². The molecule has 3 fully saturated rings. The number of hydrogen-bond donors (Lipinski definition) is 4. The van der Waals surface area contributed by atoms with Crippen molar-refractivity contribution in [3.05, 3.63) is 0 Å². The normalized spacial score (nSPS) is 36.6. The molecule has 8 atom stereocenters. The van der Waals surface area contributed by atoms with Crippen LogP contribution in [-0.2, 0) is 19.0 Å². The molecule has 8 nitrogen and oxygen atoms in total. The van der Waals surface area contributed by atoms with Gasteiger partial charge in [-0.3, -0.25) is 4.79 Å². The van der Waals surface area contributed by atoms with Gasteiger partial charge in [0, 0.05) is 11.3 Å². The first-order valence-electron chi connectivity index (χ1n) is 11.2. The van der Waals surface area contributed by atoms with Gasteiger partial charge >= 0.3 is 5.97 Å². The molecule has 0 spiro atoms. The lowest BCUT2D eigenvalue weighted by Gasteiger charge is -2.48. The van der Waals surface area contributed by atoms with Crippen molar-refractivity contribution < 1.29 is 39.4 Å². The van der Waals surface area contributed by atoms with E-state index in [0.717, 1.165) is 6.42 Å². The van der Waals surface area contributed by atoms with Crippen LogP contribution in [-0.4, -0.2) is 64.1 Å². The number of rotatable bonds is 8. The maximum absolute atomic E-state index is 12.3. The fourth-order valence-corrected chi connectivity index (χ4v) is 5.99. The monoisotopic (exact) mass is 444 g/mol. The summed E-state index contributed by atoms with van der Waals surface area (Å²) in [6.45, 7) is 14.3. The Balaban J connectivity index is 1.60. The molecule has 3 aliphatic rings. The number of ether oxygens (including phenoxy) is 3. The molecule has 0 radical (unpaired) electrons. The van der Waals surface area contributed by atoms with Crippen LogP contribution in [0.4, 0.5) is 0 Å². The second kappa shape index (κ2) is 7.92. The third-order valence-corrected chi connectivity index (χ3v) is 7.95. The molecule has 0 aromatic carbocycles. The molecular weight excluding hydrogens is 404 g/mol. The van der Waals surface area contributed by atoms with Crippen LogP contribution in [0.5, 0.6) is 0 Å². The van der Waals surface area contributed by atoms with Crippen molar-refractivity contribution in [2.75, 3.05) is 6.61 Å². The van der Waals surface area contributed by atoms with E-state index in [1.807, 2.05) is 6.92 Å². The average Bonchev–Trinajstić information content (AvgIpc) is 3.19. The molecule has 1 heterocycles. The number of hydrogen-bond acceptors (Lipinski definition) is 8.